The van der Waals surface area contributed by atoms with Crippen molar-refractivity contribution in [3.8, 4) is 0 Å². The summed E-state index contributed by atoms with van der Waals surface area (Å²) in [6.07, 6.45) is 6.28. The molecule has 3 heterocycles. The van der Waals surface area contributed by atoms with Crippen molar-refractivity contribution < 1.29 is 9.21 Å². The predicted octanol–water partition coefficient (Wildman–Crippen LogP) is 2.95. The smallest absolute Gasteiger partial charge is 0.291 e. The van der Waals surface area contributed by atoms with Gasteiger partial charge in [-0.2, -0.15) is 5.10 Å². The van der Waals surface area contributed by atoms with E-state index >= 15 is 0 Å². The van der Waals surface area contributed by atoms with E-state index in [1.165, 1.54) is 17.5 Å². The maximum absolute atomic E-state index is 12.8. The van der Waals surface area contributed by atoms with Gasteiger partial charge in [-0.25, -0.2) is 4.68 Å². The minimum absolute atomic E-state index is 0.0717. The molecule has 0 saturated heterocycles. The second-order valence-electron chi connectivity index (χ2n) is 7.42. The first-order chi connectivity index (χ1) is 13.1. The van der Waals surface area contributed by atoms with Crippen LogP contribution in [-0.4, -0.2) is 26.1 Å². The van der Waals surface area contributed by atoms with E-state index in [9.17, 15) is 9.59 Å². The Labute approximate surface area is 157 Å². The fourth-order valence-electron chi connectivity index (χ4n) is 4.05. The number of carbonyl (C=O) groups excluding carboxylic acids is 1. The molecule has 0 radical (unpaired) electrons. The van der Waals surface area contributed by atoms with Crippen molar-refractivity contribution in [1.29, 1.82) is 0 Å². The molecule has 7 heteroatoms. The number of aryl methyl sites for hydroxylation is 3. The lowest BCUT2D eigenvalue weighted by Crippen LogP contribution is -2.33. The number of aromatic nitrogens is 3. The van der Waals surface area contributed by atoms with Crippen LogP contribution in [-0.2, 0) is 17.8 Å². The lowest BCUT2D eigenvalue weighted by molar-refractivity contribution is -0.121. The van der Waals surface area contributed by atoms with Crippen molar-refractivity contribution in [3.05, 3.63) is 34.1 Å². The number of hydrogen-bond donors (Lipinski definition) is 1. The highest BCUT2D eigenvalue weighted by Gasteiger charge is 2.18. The number of fused-ring (bicyclic) bond motifs is 3. The topological polar surface area (TPSA) is 81.5 Å². The first-order valence-electron chi connectivity index (χ1n) is 9.87. The first-order valence-corrected chi connectivity index (χ1v) is 9.87. The van der Waals surface area contributed by atoms with E-state index in [0.29, 0.717) is 42.9 Å². The van der Waals surface area contributed by atoms with Crippen LogP contribution in [0.5, 0.6) is 0 Å². The van der Waals surface area contributed by atoms with E-state index in [1.807, 2.05) is 24.3 Å². The number of hydrogen-bond acceptors (Lipinski definition) is 4. The average molecular weight is 370 g/mol. The summed E-state index contributed by atoms with van der Waals surface area (Å²) < 4.78 is 9.05. The molecule has 1 N–H and O–H groups in total. The van der Waals surface area contributed by atoms with Crippen molar-refractivity contribution in [2.75, 3.05) is 0 Å². The van der Waals surface area contributed by atoms with Gasteiger partial charge in [0.1, 0.15) is 17.1 Å². The number of rotatable bonds is 6. The largest absolute Gasteiger partial charge is 0.460 e. The van der Waals surface area contributed by atoms with Gasteiger partial charge in [0, 0.05) is 37.6 Å². The molecular formula is C20H26N4O3. The third-order valence-electron chi connectivity index (χ3n) is 5.37. The molecule has 0 spiro atoms. The van der Waals surface area contributed by atoms with E-state index in [0.717, 1.165) is 29.9 Å². The van der Waals surface area contributed by atoms with Gasteiger partial charge in [-0.1, -0.05) is 19.8 Å². The highest BCUT2D eigenvalue weighted by Crippen LogP contribution is 2.23. The molecule has 1 saturated carbocycles. The lowest BCUT2D eigenvalue weighted by Gasteiger charge is -2.12. The maximum atomic E-state index is 12.8. The quantitative estimate of drug-likeness (QED) is 0.723. The molecule has 0 unspecified atom stereocenters. The fourth-order valence-corrected chi connectivity index (χ4v) is 4.05. The molecule has 27 heavy (non-hydrogen) atoms. The minimum atomic E-state index is -0.146. The van der Waals surface area contributed by atoms with E-state index < -0.39 is 0 Å². The molecule has 3 aromatic heterocycles. The second-order valence-corrected chi connectivity index (χ2v) is 7.42. The van der Waals surface area contributed by atoms with Gasteiger partial charge in [-0.15, -0.1) is 0 Å². The standard InChI is InChI=1S/C20H26N4O3/c1-3-18-22-23(10-6-9-19(25)21-14-7-4-5-8-14)20(26)16-12-17-15(24(16)18)11-13(2)27-17/h11-12,14H,3-10H2,1-2H3,(H,21,25). The summed E-state index contributed by atoms with van der Waals surface area (Å²) in [7, 11) is 0. The average Bonchev–Trinajstić information content (AvgIpc) is 3.33. The van der Waals surface area contributed by atoms with Crippen molar-refractivity contribution in [1.82, 2.24) is 19.5 Å². The van der Waals surface area contributed by atoms with Crippen LogP contribution >= 0.6 is 0 Å². The van der Waals surface area contributed by atoms with Crippen LogP contribution in [0.2, 0.25) is 0 Å². The van der Waals surface area contributed by atoms with Crippen LogP contribution < -0.4 is 10.9 Å². The zero-order valence-electron chi connectivity index (χ0n) is 16.0. The number of nitrogens with zero attached hydrogens (tertiary/aromatic N) is 3. The number of amides is 1. The zero-order valence-corrected chi connectivity index (χ0v) is 16.0. The summed E-state index contributed by atoms with van der Waals surface area (Å²) in [5.41, 5.74) is 2.01. The Morgan fingerprint density at radius 2 is 2.07 bits per heavy atom. The van der Waals surface area contributed by atoms with Crippen LogP contribution in [0.4, 0.5) is 0 Å². The molecule has 1 fully saturated rings. The molecule has 144 valence electrons. The van der Waals surface area contributed by atoms with Crippen molar-refractivity contribution in [2.24, 2.45) is 0 Å². The summed E-state index contributed by atoms with van der Waals surface area (Å²) in [4.78, 5) is 24.9. The molecule has 0 aliphatic heterocycles. The molecule has 3 aromatic rings. The number of nitrogens with one attached hydrogen (secondary N) is 1. The van der Waals surface area contributed by atoms with Gasteiger partial charge in [0.05, 0.1) is 5.52 Å². The Bertz CT molecular complexity index is 1040. The minimum Gasteiger partial charge on any atom is -0.460 e. The highest BCUT2D eigenvalue weighted by molar-refractivity contribution is 5.83. The number of furan rings is 1. The Balaban J connectivity index is 1.52. The van der Waals surface area contributed by atoms with E-state index in [-0.39, 0.29) is 11.5 Å². The molecule has 0 aromatic carbocycles. The summed E-state index contributed by atoms with van der Waals surface area (Å²) in [6, 6.07) is 4.05. The van der Waals surface area contributed by atoms with E-state index in [4.69, 9.17) is 4.42 Å². The maximum Gasteiger partial charge on any atom is 0.291 e. The Morgan fingerprint density at radius 1 is 1.30 bits per heavy atom. The van der Waals surface area contributed by atoms with Crippen molar-refractivity contribution in [2.45, 2.75) is 71.4 Å². The lowest BCUT2D eigenvalue weighted by atomic mass is 10.2. The third kappa shape index (κ3) is 3.38. The van der Waals surface area contributed by atoms with Gasteiger partial charge >= 0.3 is 0 Å². The Kier molecular flexibility index (Phi) is 4.76. The van der Waals surface area contributed by atoms with Crippen molar-refractivity contribution in [3.63, 3.8) is 0 Å². The second kappa shape index (κ2) is 7.21. The molecule has 1 amide bonds. The van der Waals surface area contributed by atoms with Crippen LogP contribution in [0, 0.1) is 6.92 Å². The van der Waals surface area contributed by atoms with E-state index in [2.05, 4.69) is 10.4 Å². The Hall–Kier alpha value is -2.57. The predicted molar refractivity (Wildman–Crippen MR) is 103 cm³/mol. The van der Waals surface area contributed by atoms with Crippen LogP contribution in [0.15, 0.2) is 21.3 Å². The Morgan fingerprint density at radius 3 is 2.81 bits per heavy atom. The zero-order chi connectivity index (χ0) is 19.0. The van der Waals surface area contributed by atoms with Gasteiger partial charge in [0.25, 0.3) is 5.56 Å². The SMILES string of the molecule is CCc1nn(CCCC(=O)NC2CCCC2)c(=O)c2cc3oc(C)cc3n12. The number of carbonyl (C=O) groups is 1. The van der Waals surface area contributed by atoms with Gasteiger partial charge < -0.3 is 9.73 Å². The molecular weight excluding hydrogens is 344 g/mol. The molecule has 0 atom stereocenters. The normalized spacial score (nSPS) is 15.2. The monoisotopic (exact) mass is 370 g/mol. The molecule has 0 bridgehead atoms. The summed E-state index contributed by atoms with van der Waals surface area (Å²) in [5, 5.41) is 7.63. The fraction of sp³-hybridized carbons (Fsp3) is 0.550. The van der Waals surface area contributed by atoms with Gasteiger partial charge in [-0.3, -0.25) is 14.0 Å². The molecule has 4 rings (SSSR count). The molecule has 1 aliphatic carbocycles. The van der Waals surface area contributed by atoms with Gasteiger partial charge in [0.15, 0.2) is 5.58 Å². The summed E-state index contributed by atoms with van der Waals surface area (Å²) in [5.74, 6) is 1.70. The first kappa shape index (κ1) is 17.8. The summed E-state index contributed by atoms with van der Waals surface area (Å²) in [6.45, 7) is 4.35. The summed E-state index contributed by atoms with van der Waals surface area (Å²) >= 11 is 0. The highest BCUT2D eigenvalue weighted by atomic mass is 16.3. The van der Waals surface area contributed by atoms with Crippen molar-refractivity contribution >= 4 is 22.5 Å². The molecule has 1 aliphatic rings. The van der Waals surface area contributed by atoms with Crippen LogP contribution in [0.25, 0.3) is 16.6 Å². The van der Waals surface area contributed by atoms with E-state index in [1.54, 1.807) is 6.07 Å². The van der Waals surface area contributed by atoms with Crippen LogP contribution in [0.3, 0.4) is 0 Å². The van der Waals surface area contributed by atoms with Crippen LogP contribution in [0.1, 0.15) is 57.0 Å². The third-order valence-corrected chi connectivity index (χ3v) is 5.37. The van der Waals surface area contributed by atoms with Gasteiger partial charge in [-0.05, 0) is 26.2 Å². The van der Waals surface area contributed by atoms with Gasteiger partial charge in [0.2, 0.25) is 5.91 Å². The molecule has 7 nitrogen and oxygen atoms in total.